The highest BCUT2D eigenvalue weighted by molar-refractivity contribution is 6.30. The van der Waals surface area contributed by atoms with Crippen LogP contribution in [-0.2, 0) is 17.9 Å². The minimum atomic E-state index is -0.565. The lowest BCUT2D eigenvalue weighted by molar-refractivity contribution is -0.139. The van der Waals surface area contributed by atoms with Crippen molar-refractivity contribution in [3.63, 3.8) is 0 Å². The standard InChI is InChI=1S/C17H21ClN4O2/c1-11(2)16-20-19-15-10-21(8-9-22(15)16)17(23)12(3)24-14-6-4-13(18)5-7-14/h4-7,11-12H,8-10H2,1-3H3. The lowest BCUT2D eigenvalue weighted by atomic mass is 10.2. The Balaban J connectivity index is 1.66. The van der Waals surface area contributed by atoms with E-state index in [0.29, 0.717) is 29.8 Å². The SMILES string of the molecule is CC(Oc1ccc(Cl)cc1)C(=O)N1CCn2c(nnc2C(C)C)C1. The Bertz CT molecular complexity index is 727. The van der Waals surface area contributed by atoms with Gasteiger partial charge < -0.3 is 14.2 Å². The van der Waals surface area contributed by atoms with Gasteiger partial charge in [-0.15, -0.1) is 10.2 Å². The number of nitrogens with zero attached hydrogens (tertiary/aromatic N) is 4. The van der Waals surface area contributed by atoms with Crippen molar-refractivity contribution < 1.29 is 9.53 Å². The Morgan fingerprint density at radius 3 is 2.54 bits per heavy atom. The van der Waals surface area contributed by atoms with E-state index in [1.54, 1.807) is 36.1 Å². The number of carbonyl (C=O) groups excluding carboxylic acids is 1. The number of rotatable bonds is 4. The van der Waals surface area contributed by atoms with Crippen LogP contribution in [-0.4, -0.2) is 38.2 Å². The third-order valence-corrected chi connectivity index (χ3v) is 4.34. The van der Waals surface area contributed by atoms with Gasteiger partial charge in [0.15, 0.2) is 11.9 Å². The molecule has 2 aromatic rings. The second-order valence-electron chi connectivity index (χ2n) is 6.25. The van der Waals surface area contributed by atoms with E-state index in [1.807, 2.05) is 0 Å². The Kier molecular flexibility index (Phi) is 4.76. The number of aromatic nitrogens is 3. The molecule has 1 amide bonds. The first kappa shape index (κ1) is 16.8. The normalized spacial score (nSPS) is 15.3. The molecule has 1 aromatic heterocycles. The lowest BCUT2D eigenvalue weighted by Gasteiger charge is -2.30. The molecular formula is C17H21ClN4O2. The van der Waals surface area contributed by atoms with Crippen LogP contribution >= 0.6 is 11.6 Å². The van der Waals surface area contributed by atoms with E-state index in [-0.39, 0.29) is 5.91 Å². The van der Waals surface area contributed by atoms with Gasteiger partial charge in [0, 0.05) is 24.0 Å². The predicted molar refractivity (Wildman–Crippen MR) is 91.1 cm³/mol. The quantitative estimate of drug-likeness (QED) is 0.852. The van der Waals surface area contributed by atoms with Crippen molar-refractivity contribution in [3.8, 4) is 5.75 Å². The average molecular weight is 349 g/mol. The predicted octanol–water partition coefficient (Wildman–Crippen LogP) is 2.86. The Morgan fingerprint density at radius 1 is 1.17 bits per heavy atom. The number of hydrogen-bond donors (Lipinski definition) is 0. The summed E-state index contributed by atoms with van der Waals surface area (Å²) in [4.78, 5) is 14.4. The summed E-state index contributed by atoms with van der Waals surface area (Å²) in [6.07, 6.45) is -0.565. The molecule has 1 aromatic carbocycles. The summed E-state index contributed by atoms with van der Waals surface area (Å²) in [5.74, 6) is 2.70. The monoisotopic (exact) mass is 348 g/mol. The van der Waals surface area contributed by atoms with E-state index in [2.05, 4.69) is 28.6 Å². The number of amides is 1. The molecule has 1 atom stereocenters. The van der Waals surface area contributed by atoms with Gasteiger partial charge >= 0.3 is 0 Å². The lowest BCUT2D eigenvalue weighted by Crippen LogP contribution is -2.44. The molecule has 0 radical (unpaired) electrons. The van der Waals surface area contributed by atoms with Crippen molar-refractivity contribution in [1.82, 2.24) is 19.7 Å². The largest absolute Gasteiger partial charge is 0.481 e. The van der Waals surface area contributed by atoms with E-state index < -0.39 is 6.10 Å². The molecule has 0 spiro atoms. The van der Waals surface area contributed by atoms with Crippen molar-refractivity contribution in [2.45, 2.75) is 45.9 Å². The van der Waals surface area contributed by atoms with E-state index in [0.717, 1.165) is 18.2 Å². The van der Waals surface area contributed by atoms with Crippen molar-refractivity contribution >= 4 is 17.5 Å². The van der Waals surface area contributed by atoms with Crippen LogP contribution in [0.4, 0.5) is 0 Å². The number of halogens is 1. The fourth-order valence-corrected chi connectivity index (χ4v) is 2.95. The van der Waals surface area contributed by atoms with Gasteiger partial charge in [-0.2, -0.15) is 0 Å². The van der Waals surface area contributed by atoms with Crippen molar-refractivity contribution in [2.24, 2.45) is 0 Å². The van der Waals surface area contributed by atoms with Crippen LogP contribution in [0.2, 0.25) is 5.02 Å². The van der Waals surface area contributed by atoms with Crippen molar-refractivity contribution in [3.05, 3.63) is 40.9 Å². The Labute approximate surface area is 146 Å². The smallest absolute Gasteiger partial charge is 0.263 e. The Hall–Kier alpha value is -2.08. The first-order valence-electron chi connectivity index (χ1n) is 8.08. The number of hydrogen-bond acceptors (Lipinski definition) is 4. The van der Waals surface area contributed by atoms with E-state index in [9.17, 15) is 4.79 Å². The fraction of sp³-hybridized carbons (Fsp3) is 0.471. The second-order valence-corrected chi connectivity index (χ2v) is 6.69. The zero-order chi connectivity index (χ0) is 17.3. The van der Waals surface area contributed by atoms with Gasteiger partial charge in [0.25, 0.3) is 5.91 Å². The van der Waals surface area contributed by atoms with Crippen LogP contribution in [0.25, 0.3) is 0 Å². The maximum Gasteiger partial charge on any atom is 0.263 e. The van der Waals surface area contributed by atoms with Gasteiger partial charge in [0.05, 0.1) is 6.54 Å². The van der Waals surface area contributed by atoms with Crippen LogP contribution in [0.1, 0.15) is 38.3 Å². The zero-order valence-corrected chi connectivity index (χ0v) is 14.8. The molecule has 0 bridgehead atoms. The molecule has 1 unspecified atom stereocenters. The van der Waals surface area contributed by atoms with Crippen LogP contribution < -0.4 is 4.74 Å². The van der Waals surface area contributed by atoms with Crippen molar-refractivity contribution in [2.75, 3.05) is 6.54 Å². The molecule has 0 aliphatic carbocycles. The number of ether oxygens (including phenoxy) is 1. The first-order chi connectivity index (χ1) is 11.5. The molecule has 0 fully saturated rings. The molecule has 24 heavy (non-hydrogen) atoms. The van der Waals surface area contributed by atoms with Gasteiger partial charge in [0.2, 0.25) is 0 Å². The van der Waals surface area contributed by atoms with Gasteiger partial charge in [-0.3, -0.25) is 4.79 Å². The average Bonchev–Trinajstić information content (AvgIpc) is 2.99. The highest BCUT2D eigenvalue weighted by Crippen LogP contribution is 2.20. The van der Waals surface area contributed by atoms with Crippen LogP contribution in [0.15, 0.2) is 24.3 Å². The summed E-state index contributed by atoms with van der Waals surface area (Å²) >= 11 is 5.86. The third-order valence-electron chi connectivity index (χ3n) is 4.08. The molecule has 0 N–H and O–H groups in total. The molecule has 1 aliphatic heterocycles. The Morgan fingerprint density at radius 2 is 1.88 bits per heavy atom. The van der Waals surface area contributed by atoms with Gasteiger partial charge in [-0.05, 0) is 31.2 Å². The highest BCUT2D eigenvalue weighted by atomic mass is 35.5. The third kappa shape index (κ3) is 3.38. The molecule has 0 saturated carbocycles. The zero-order valence-electron chi connectivity index (χ0n) is 14.1. The number of carbonyl (C=O) groups is 1. The maximum atomic E-state index is 12.6. The first-order valence-corrected chi connectivity index (χ1v) is 8.46. The van der Waals surface area contributed by atoms with E-state index in [4.69, 9.17) is 16.3 Å². The molecule has 0 saturated heterocycles. The van der Waals surface area contributed by atoms with Crippen molar-refractivity contribution in [1.29, 1.82) is 0 Å². The van der Waals surface area contributed by atoms with Gasteiger partial charge in [-0.25, -0.2) is 0 Å². The number of fused-ring (bicyclic) bond motifs is 1. The maximum absolute atomic E-state index is 12.6. The molecule has 128 valence electrons. The fourth-order valence-electron chi connectivity index (χ4n) is 2.82. The van der Waals surface area contributed by atoms with Gasteiger partial charge in [-0.1, -0.05) is 25.4 Å². The summed E-state index contributed by atoms with van der Waals surface area (Å²) in [5, 5.41) is 9.11. The minimum Gasteiger partial charge on any atom is -0.481 e. The summed E-state index contributed by atoms with van der Waals surface area (Å²) in [5.41, 5.74) is 0. The van der Waals surface area contributed by atoms with E-state index in [1.165, 1.54) is 0 Å². The summed E-state index contributed by atoms with van der Waals surface area (Å²) < 4.78 is 7.83. The molecule has 1 aliphatic rings. The minimum absolute atomic E-state index is 0.0507. The highest BCUT2D eigenvalue weighted by Gasteiger charge is 2.28. The van der Waals surface area contributed by atoms with Crippen LogP contribution in [0.3, 0.4) is 0 Å². The summed E-state index contributed by atoms with van der Waals surface area (Å²) in [6.45, 7) is 7.77. The molecule has 3 rings (SSSR count). The second kappa shape index (κ2) is 6.81. The molecular weight excluding hydrogens is 328 g/mol. The summed E-state index contributed by atoms with van der Waals surface area (Å²) in [7, 11) is 0. The van der Waals surface area contributed by atoms with E-state index >= 15 is 0 Å². The van der Waals surface area contributed by atoms with Gasteiger partial charge in [0.1, 0.15) is 11.6 Å². The van der Waals surface area contributed by atoms with Crippen LogP contribution in [0.5, 0.6) is 5.75 Å². The number of benzene rings is 1. The molecule has 2 heterocycles. The topological polar surface area (TPSA) is 60.2 Å². The van der Waals surface area contributed by atoms with Crippen LogP contribution in [0, 0.1) is 0 Å². The molecule has 6 nitrogen and oxygen atoms in total. The summed E-state index contributed by atoms with van der Waals surface area (Å²) in [6, 6.07) is 7.00. The molecule has 7 heteroatoms.